The summed E-state index contributed by atoms with van der Waals surface area (Å²) < 4.78 is 37.9. The number of para-hydroxylation sites is 4. The smallest absolute Gasteiger partial charge is 0.456 e. The predicted octanol–water partition coefficient (Wildman–Crippen LogP) is 16.2. The molecule has 1 aliphatic rings. The Balaban J connectivity index is 0.000000140. The van der Waals surface area contributed by atoms with Gasteiger partial charge in [-0.2, -0.15) is 0 Å². The molecule has 0 N–H and O–H groups in total. The lowest BCUT2D eigenvalue weighted by Gasteiger charge is -2.32. The summed E-state index contributed by atoms with van der Waals surface area (Å²) in [6.45, 7) is 8.23. The van der Waals surface area contributed by atoms with Gasteiger partial charge in [0.1, 0.15) is 50.3 Å². The van der Waals surface area contributed by atoms with E-state index in [-0.39, 0.29) is 0 Å². The van der Waals surface area contributed by atoms with Gasteiger partial charge in [0.15, 0.2) is 28.4 Å². The van der Waals surface area contributed by atoms with Crippen molar-refractivity contribution in [3.8, 4) is 45.3 Å². The van der Waals surface area contributed by atoms with Crippen LogP contribution >= 0.6 is 11.6 Å². The van der Waals surface area contributed by atoms with Gasteiger partial charge in [0.05, 0.1) is 16.2 Å². The molecular formula is C62H42BClN4O6. The summed E-state index contributed by atoms with van der Waals surface area (Å²) in [6, 6.07) is 59.9. The van der Waals surface area contributed by atoms with Gasteiger partial charge in [-0.25, -0.2) is 19.9 Å². The van der Waals surface area contributed by atoms with Crippen LogP contribution in [0.1, 0.15) is 27.7 Å². The van der Waals surface area contributed by atoms with E-state index in [0.717, 1.165) is 110 Å². The standard InChI is InChI=1S/C34H27BN2O4.C28H15ClN2O2/c1-33(2)34(3,4)41-35(40-33)24-17-10-15-22-27-23(16-11-19-26(27)39-30(22)24)32-36-28(20-12-6-5-7-13-20)31-29(37-32)21-14-8-9-18-25(21)38-31;29-20-13-6-11-18-23-19(12-7-15-22(23)33-26(18)20)28-30-24(16-8-2-1-3-9-16)27-25(31-28)17-10-4-5-14-21(17)32-27/h5-19H,1-4H3;1-15H. The Kier molecular flexibility index (Phi) is 9.97. The molecule has 0 amide bonds. The van der Waals surface area contributed by atoms with Crippen LogP contribution in [0.25, 0.3) is 133 Å². The van der Waals surface area contributed by atoms with Crippen LogP contribution < -0.4 is 5.46 Å². The second kappa shape index (κ2) is 16.7. The number of rotatable bonds is 5. The number of aromatic nitrogens is 4. The lowest BCUT2D eigenvalue weighted by Crippen LogP contribution is -2.41. The molecule has 74 heavy (non-hydrogen) atoms. The van der Waals surface area contributed by atoms with E-state index in [1.807, 2.05) is 170 Å². The molecular weight excluding hydrogens is 943 g/mol. The predicted molar refractivity (Wildman–Crippen MR) is 296 cm³/mol. The molecule has 6 aromatic heterocycles. The minimum absolute atomic E-state index is 0.457. The van der Waals surface area contributed by atoms with Crippen LogP contribution in [0.4, 0.5) is 0 Å². The number of hydrogen-bond donors (Lipinski definition) is 0. The van der Waals surface area contributed by atoms with Crippen LogP contribution in [0.5, 0.6) is 0 Å². The van der Waals surface area contributed by atoms with Crippen LogP contribution in [-0.2, 0) is 9.31 Å². The highest BCUT2D eigenvalue weighted by Crippen LogP contribution is 2.43. The van der Waals surface area contributed by atoms with Crippen molar-refractivity contribution >= 4 is 112 Å². The minimum atomic E-state index is -0.540. The molecule has 8 aromatic carbocycles. The number of nitrogens with zero attached hydrogens (tertiary/aromatic N) is 4. The van der Waals surface area contributed by atoms with Crippen LogP contribution in [0.2, 0.25) is 5.02 Å². The van der Waals surface area contributed by atoms with Gasteiger partial charge in [0.2, 0.25) is 0 Å². The quantitative estimate of drug-likeness (QED) is 0.154. The number of furan rings is 4. The van der Waals surface area contributed by atoms with Crippen molar-refractivity contribution in [2.45, 2.75) is 38.9 Å². The van der Waals surface area contributed by atoms with E-state index in [1.54, 1.807) is 0 Å². The zero-order chi connectivity index (χ0) is 49.9. The highest BCUT2D eigenvalue weighted by molar-refractivity contribution is 6.65. The molecule has 0 aliphatic carbocycles. The fourth-order valence-corrected chi connectivity index (χ4v) is 10.4. The van der Waals surface area contributed by atoms with Crippen LogP contribution in [0, 0.1) is 0 Å². The van der Waals surface area contributed by atoms with Gasteiger partial charge >= 0.3 is 7.12 Å². The van der Waals surface area contributed by atoms with E-state index >= 15 is 0 Å². The number of hydrogen-bond acceptors (Lipinski definition) is 10. The second-order valence-corrected chi connectivity index (χ2v) is 20.0. The molecule has 0 spiro atoms. The lowest BCUT2D eigenvalue weighted by molar-refractivity contribution is 0.00578. The summed E-state index contributed by atoms with van der Waals surface area (Å²) in [5.74, 6) is 1.22. The van der Waals surface area contributed by atoms with Crippen LogP contribution in [0.3, 0.4) is 0 Å². The van der Waals surface area contributed by atoms with E-state index in [9.17, 15) is 0 Å². The summed E-state index contributed by atoms with van der Waals surface area (Å²) in [4.78, 5) is 20.2. The third-order valence-electron chi connectivity index (χ3n) is 14.6. The van der Waals surface area contributed by atoms with E-state index in [4.69, 9.17) is 58.5 Å². The first-order valence-corrected chi connectivity index (χ1v) is 24.9. The Labute approximate surface area is 428 Å². The SMILES string of the molecule is CC1(C)OB(c2cccc3c2oc2cccc(-c4nc(-c5ccccc5)c5oc6ccccc6c5n4)c23)OC1(C)C.Clc1cccc2c1oc1cccc(-c3nc(-c4ccccc4)c4oc5ccccc5c4n3)c12. The van der Waals surface area contributed by atoms with Crippen molar-refractivity contribution in [1.29, 1.82) is 0 Å². The van der Waals surface area contributed by atoms with Crippen molar-refractivity contribution in [3.05, 3.63) is 187 Å². The van der Waals surface area contributed by atoms with Crippen molar-refractivity contribution in [3.63, 3.8) is 0 Å². The molecule has 12 heteroatoms. The van der Waals surface area contributed by atoms with Gasteiger partial charge in [-0.15, -0.1) is 0 Å². The summed E-state index contributed by atoms with van der Waals surface area (Å²) in [6.07, 6.45) is 0. The van der Waals surface area contributed by atoms with Crippen LogP contribution in [0.15, 0.2) is 200 Å². The summed E-state index contributed by atoms with van der Waals surface area (Å²) >= 11 is 6.42. The van der Waals surface area contributed by atoms with E-state index < -0.39 is 18.3 Å². The van der Waals surface area contributed by atoms with Gasteiger partial charge in [-0.3, -0.25) is 0 Å². The van der Waals surface area contributed by atoms with E-state index in [2.05, 4.69) is 39.8 Å². The third kappa shape index (κ3) is 6.95. The van der Waals surface area contributed by atoms with Gasteiger partial charge in [0, 0.05) is 60.0 Å². The normalized spacial score (nSPS) is 14.4. The molecule has 356 valence electrons. The Morgan fingerprint density at radius 1 is 0.378 bits per heavy atom. The molecule has 0 bridgehead atoms. The molecule has 0 radical (unpaired) electrons. The fraction of sp³-hybridized carbons (Fsp3) is 0.0968. The van der Waals surface area contributed by atoms with Gasteiger partial charge in [-0.05, 0) is 70.2 Å². The fourth-order valence-electron chi connectivity index (χ4n) is 10.2. The third-order valence-corrected chi connectivity index (χ3v) is 14.8. The molecule has 15 rings (SSSR count). The molecule has 0 atom stereocenters. The average Bonchev–Trinajstić information content (AvgIpc) is 4.24. The molecule has 10 nitrogen and oxygen atoms in total. The summed E-state index contributed by atoms with van der Waals surface area (Å²) in [7, 11) is -0.540. The Morgan fingerprint density at radius 2 is 0.784 bits per heavy atom. The zero-order valence-electron chi connectivity index (χ0n) is 40.5. The highest BCUT2D eigenvalue weighted by atomic mass is 35.5. The second-order valence-electron chi connectivity index (χ2n) is 19.6. The van der Waals surface area contributed by atoms with E-state index in [1.165, 1.54) is 0 Å². The van der Waals surface area contributed by atoms with E-state index in [0.29, 0.717) is 33.4 Å². The summed E-state index contributed by atoms with van der Waals surface area (Å²) in [5, 5.41) is 6.29. The maximum Gasteiger partial charge on any atom is 0.498 e. The number of halogens is 1. The minimum Gasteiger partial charge on any atom is -0.456 e. The van der Waals surface area contributed by atoms with Crippen molar-refractivity contribution in [2.75, 3.05) is 0 Å². The van der Waals surface area contributed by atoms with Crippen LogP contribution in [-0.4, -0.2) is 38.3 Å². The highest BCUT2D eigenvalue weighted by Gasteiger charge is 2.52. The first-order valence-electron chi connectivity index (χ1n) is 24.5. The number of fused-ring (bicyclic) bond motifs is 12. The molecule has 1 aliphatic heterocycles. The number of benzene rings is 8. The van der Waals surface area contributed by atoms with Crippen molar-refractivity contribution < 1.29 is 27.0 Å². The molecule has 1 saturated heterocycles. The Bertz CT molecular complexity index is 4530. The first kappa shape index (κ1) is 44.1. The monoisotopic (exact) mass is 984 g/mol. The van der Waals surface area contributed by atoms with Crippen molar-refractivity contribution in [2.24, 2.45) is 0 Å². The Hall–Kier alpha value is -8.61. The average molecular weight is 985 g/mol. The first-order chi connectivity index (χ1) is 36.1. The topological polar surface area (TPSA) is 123 Å². The molecule has 14 aromatic rings. The molecule has 0 unspecified atom stereocenters. The zero-order valence-corrected chi connectivity index (χ0v) is 41.3. The lowest BCUT2D eigenvalue weighted by atomic mass is 9.78. The largest absolute Gasteiger partial charge is 0.498 e. The van der Waals surface area contributed by atoms with Crippen molar-refractivity contribution in [1.82, 2.24) is 19.9 Å². The van der Waals surface area contributed by atoms with Gasteiger partial charge in [0.25, 0.3) is 0 Å². The maximum absolute atomic E-state index is 6.52. The Morgan fingerprint density at radius 3 is 1.31 bits per heavy atom. The summed E-state index contributed by atoms with van der Waals surface area (Å²) in [5.41, 5.74) is 12.6. The van der Waals surface area contributed by atoms with Gasteiger partial charge in [-0.1, -0.05) is 151 Å². The molecule has 1 fully saturated rings. The molecule has 0 saturated carbocycles. The maximum atomic E-state index is 6.52. The van der Waals surface area contributed by atoms with Gasteiger partial charge < -0.3 is 27.0 Å². The molecule has 7 heterocycles.